The number of halogens is 1. The molecule has 0 saturated carbocycles. The minimum absolute atomic E-state index is 0.0117. The third kappa shape index (κ3) is 3.44. The second-order valence-corrected chi connectivity index (χ2v) is 8.09. The molecule has 21 heavy (non-hydrogen) atoms. The lowest BCUT2D eigenvalue weighted by molar-refractivity contribution is 0.578. The molecule has 0 amide bonds. The molecule has 6 nitrogen and oxygen atoms in total. The molecule has 0 atom stereocenters. The van der Waals surface area contributed by atoms with Crippen molar-refractivity contribution in [3.05, 3.63) is 34.4 Å². The SMILES string of the molecule is Cn1nnc(Br)c1S(=O)(=O)Nc1ccc(C(C)(C)C)cc1. The van der Waals surface area contributed by atoms with Crippen LogP contribution in [0.25, 0.3) is 0 Å². The van der Waals surface area contributed by atoms with Gasteiger partial charge in [-0.25, -0.2) is 4.68 Å². The van der Waals surface area contributed by atoms with E-state index in [1.165, 1.54) is 11.7 Å². The summed E-state index contributed by atoms with van der Waals surface area (Å²) in [6.07, 6.45) is 0. The van der Waals surface area contributed by atoms with Gasteiger partial charge < -0.3 is 0 Å². The van der Waals surface area contributed by atoms with Gasteiger partial charge in [-0.2, -0.15) is 8.42 Å². The van der Waals surface area contributed by atoms with Crippen molar-refractivity contribution in [2.24, 2.45) is 7.05 Å². The van der Waals surface area contributed by atoms with Gasteiger partial charge in [0.25, 0.3) is 10.0 Å². The first-order valence-corrected chi connectivity index (χ1v) is 8.57. The number of hydrogen-bond acceptors (Lipinski definition) is 4. The molecule has 114 valence electrons. The molecule has 1 N–H and O–H groups in total. The van der Waals surface area contributed by atoms with E-state index in [9.17, 15) is 8.42 Å². The van der Waals surface area contributed by atoms with E-state index in [4.69, 9.17) is 0 Å². The van der Waals surface area contributed by atoms with Crippen LogP contribution in [-0.2, 0) is 22.5 Å². The maximum Gasteiger partial charge on any atom is 0.281 e. The predicted molar refractivity (Wildman–Crippen MR) is 84.7 cm³/mol. The summed E-state index contributed by atoms with van der Waals surface area (Å²) in [4.78, 5) is 0. The molecule has 8 heteroatoms. The summed E-state index contributed by atoms with van der Waals surface area (Å²) < 4.78 is 28.6. The lowest BCUT2D eigenvalue weighted by Crippen LogP contribution is -2.17. The average molecular weight is 373 g/mol. The summed E-state index contributed by atoms with van der Waals surface area (Å²) in [5.74, 6) is 0. The molecule has 2 rings (SSSR count). The zero-order chi connectivity index (χ0) is 15.8. The molecule has 0 aliphatic heterocycles. The first kappa shape index (κ1) is 16.0. The van der Waals surface area contributed by atoms with E-state index in [1.807, 2.05) is 12.1 Å². The highest BCUT2D eigenvalue weighted by Gasteiger charge is 2.24. The first-order chi connectivity index (χ1) is 9.61. The fourth-order valence-electron chi connectivity index (χ4n) is 1.85. The number of rotatable bonds is 3. The fraction of sp³-hybridized carbons (Fsp3) is 0.385. The largest absolute Gasteiger partial charge is 0.281 e. The Labute approximate surface area is 132 Å². The topological polar surface area (TPSA) is 76.9 Å². The Morgan fingerprint density at radius 3 is 2.19 bits per heavy atom. The Bertz CT molecular complexity index is 726. The van der Waals surface area contributed by atoms with Crippen LogP contribution in [0, 0.1) is 0 Å². The van der Waals surface area contributed by atoms with Gasteiger partial charge in [0.1, 0.15) is 0 Å². The van der Waals surface area contributed by atoms with Crippen molar-refractivity contribution in [1.29, 1.82) is 0 Å². The zero-order valence-electron chi connectivity index (χ0n) is 12.3. The smallest absolute Gasteiger partial charge is 0.278 e. The third-order valence-corrected chi connectivity index (χ3v) is 5.26. The third-order valence-electron chi connectivity index (χ3n) is 2.99. The molecule has 0 fully saturated rings. The van der Waals surface area contributed by atoms with Gasteiger partial charge in [-0.3, -0.25) is 4.72 Å². The molecule has 0 aliphatic carbocycles. The second kappa shape index (κ2) is 5.42. The minimum atomic E-state index is -3.74. The van der Waals surface area contributed by atoms with Crippen LogP contribution in [-0.4, -0.2) is 23.4 Å². The van der Waals surface area contributed by atoms with Crippen LogP contribution < -0.4 is 4.72 Å². The van der Waals surface area contributed by atoms with Crippen LogP contribution in [0.3, 0.4) is 0 Å². The predicted octanol–water partition coefficient (Wildman–Crippen LogP) is 2.68. The summed E-state index contributed by atoms with van der Waals surface area (Å²) in [6.45, 7) is 6.31. The standard InChI is InChI=1S/C13H17BrN4O2S/c1-13(2,3)9-5-7-10(8-6-9)16-21(19,20)12-11(14)15-17-18(12)4/h5-8,16H,1-4H3. The van der Waals surface area contributed by atoms with E-state index in [-0.39, 0.29) is 15.0 Å². The number of benzene rings is 1. The lowest BCUT2D eigenvalue weighted by atomic mass is 9.87. The molecule has 1 aromatic heterocycles. The van der Waals surface area contributed by atoms with Crippen LogP contribution in [0.15, 0.2) is 33.9 Å². The Morgan fingerprint density at radius 2 is 1.76 bits per heavy atom. The molecule has 0 bridgehead atoms. The quantitative estimate of drug-likeness (QED) is 0.898. The Kier molecular flexibility index (Phi) is 4.12. The number of aromatic nitrogens is 3. The van der Waals surface area contributed by atoms with Gasteiger partial charge in [-0.15, -0.1) is 5.10 Å². The van der Waals surface area contributed by atoms with Gasteiger partial charge in [0, 0.05) is 12.7 Å². The van der Waals surface area contributed by atoms with Gasteiger partial charge in [0.2, 0.25) is 5.03 Å². The Balaban J connectivity index is 2.30. The summed E-state index contributed by atoms with van der Waals surface area (Å²) >= 11 is 3.09. The average Bonchev–Trinajstić information content (AvgIpc) is 2.68. The molecule has 2 aromatic rings. The molecule has 0 spiro atoms. The van der Waals surface area contributed by atoms with Gasteiger partial charge in [0.15, 0.2) is 4.60 Å². The maximum atomic E-state index is 12.3. The summed E-state index contributed by atoms with van der Waals surface area (Å²) in [6, 6.07) is 7.31. The van der Waals surface area contributed by atoms with Crippen LogP contribution in [0.1, 0.15) is 26.3 Å². The van der Waals surface area contributed by atoms with Crippen molar-refractivity contribution in [1.82, 2.24) is 15.0 Å². The molecular weight excluding hydrogens is 356 g/mol. The van der Waals surface area contributed by atoms with Gasteiger partial charge in [-0.05, 0) is 39.0 Å². The van der Waals surface area contributed by atoms with Crippen LogP contribution in [0.4, 0.5) is 5.69 Å². The van der Waals surface area contributed by atoms with Gasteiger partial charge >= 0.3 is 0 Å². The summed E-state index contributed by atoms with van der Waals surface area (Å²) in [5, 5.41) is 7.34. The number of anilines is 1. The molecular formula is C13H17BrN4O2S. The fourth-order valence-corrected chi connectivity index (χ4v) is 4.01. The van der Waals surface area contributed by atoms with Crippen LogP contribution in [0.5, 0.6) is 0 Å². The summed E-state index contributed by atoms with van der Waals surface area (Å²) in [5.41, 5.74) is 1.65. The van der Waals surface area contributed by atoms with Gasteiger partial charge in [-0.1, -0.05) is 38.1 Å². The monoisotopic (exact) mass is 372 g/mol. The van der Waals surface area contributed by atoms with E-state index in [1.54, 1.807) is 12.1 Å². The van der Waals surface area contributed by atoms with Crippen molar-refractivity contribution in [3.63, 3.8) is 0 Å². The van der Waals surface area contributed by atoms with E-state index >= 15 is 0 Å². The lowest BCUT2D eigenvalue weighted by Gasteiger charge is -2.19. The van der Waals surface area contributed by atoms with Crippen molar-refractivity contribution in [2.45, 2.75) is 31.2 Å². The minimum Gasteiger partial charge on any atom is -0.278 e. The van der Waals surface area contributed by atoms with Crippen molar-refractivity contribution < 1.29 is 8.42 Å². The highest BCUT2D eigenvalue weighted by Crippen LogP contribution is 2.25. The number of nitrogens with zero attached hydrogens (tertiary/aromatic N) is 3. The van der Waals surface area contributed by atoms with E-state index < -0.39 is 10.0 Å². The zero-order valence-corrected chi connectivity index (χ0v) is 14.7. The maximum absolute atomic E-state index is 12.3. The number of sulfonamides is 1. The number of aryl methyl sites for hydroxylation is 1. The first-order valence-electron chi connectivity index (χ1n) is 6.30. The van der Waals surface area contributed by atoms with Crippen molar-refractivity contribution in [3.8, 4) is 0 Å². The second-order valence-electron chi connectivity index (χ2n) is 5.74. The normalized spacial score (nSPS) is 12.4. The highest BCUT2D eigenvalue weighted by atomic mass is 79.9. The highest BCUT2D eigenvalue weighted by molar-refractivity contribution is 9.10. The molecule has 0 saturated heterocycles. The Hall–Kier alpha value is -1.41. The number of nitrogens with one attached hydrogen (secondary N) is 1. The van der Waals surface area contributed by atoms with E-state index in [0.29, 0.717) is 5.69 Å². The molecule has 0 aliphatic rings. The molecule has 0 unspecified atom stereocenters. The van der Waals surface area contributed by atoms with Crippen LogP contribution >= 0.6 is 15.9 Å². The van der Waals surface area contributed by atoms with E-state index in [2.05, 4.69) is 51.7 Å². The number of hydrogen-bond donors (Lipinski definition) is 1. The van der Waals surface area contributed by atoms with E-state index in [0.717, 1.165) is 5.56 Å². The van der Waals surface area contributed by atoms with Crippen molar-refractivity contribution >= 4 is 31.6 Å². The molecule has 0 radical (unpaired) electrons. The summed E-state index contributed by atoms with van der Waals surface area (Å²) in [7, 11) is -2.22. The van der Waals surface area contributed by atoms with Crippen molar-refractivity contribution in [2.75, 3.05) is 4.72 Å². The Morgan fingerprint density at radius 1 is 1.19 bits per heavy atom. The van der Waals surface area contributed by atoms with Gasteiger partial charge in [0.05, 0.1) is 0 Å². The molecule has 1 aromatic carbocycles. The molecule has 1 heterocycles. The van der Waals surface area contributed by atoms with Crippen LogP contribution in [0.2, 0.25) is 0 Å².